The molecular formula is C21H25N3O5. The predicted octanol–water partition coefficient (Wildman–Crippen LogP) is 0.0181. The molecule has 0 aliphatic carbocycles. The summed E-state index contributed by atoms with van der Waals surface area (Å²) < 4.78 is 5.47. The number of hydrogen-bond acceptors (Lipinski definition) is 6. The van der Waals surface area contributed by atoms with Crippen LogP contribution < -0.4 is 15.8 Å². The van der Waals surface area contributed by atoms with Crippen molar-refractivity contribution in [3.8, 4) is 5.75 Å². The molecule has 2 aromatic rings. The lowest BCUT2D eigenvalue weighted by molar-refractivity contribution is -0.132. The number of nitrogens with two attached hydrogens (primary N) is 1. The Labute approximate surface area is 168 Å². The number of amides is 2. The summed E-state index contributed by atoms with van der Waals surface area (Å²) >= 11 is 0. The third-order valence-corrected chi connectivity index (χ3v) is 4.80. The topological polar surface area (TPSA) is 125 Å². The Kier molecular flexibility index (Phi) is 6.82. The molecule has 0 radical (unpaired) electrons. The maximum Gasteiger partial charge on any atom is 0.260 e. The van der Waals surface area contributed by atoms with E-state index < -0.39 is 12.2 Å². The Balaban J connectivity index is 1.45. The number of hydrogen-bond donors (Lipinski definition) is 4. The van der Waals surface area contributed by atoms with Crippen molar-refractivity contribution < 1.29 is 24.5 Å². The molecule has 154 valence electrons. The van der Waals surface area contributed by atoms with Crippen molar-refractivity contribution in [1.29, 1.82) is 0 Å². The SMILES string of the molecule is NCc1ccc(C(=O)NCc2ccc(OCC(=O)N3CC(O)C(O)C3)cc2)cc1. The number of carbonyl (C=O) groups is 2. The first-order valence-corrected chi connectivity index (χ1v) is 9.39. The lowest BCUT2D eigenvalue weighted by Gasteiger charge is -2.15. The minimum atomic E-state index is -0.910. The maximum atomic E-state index is 12.2. The lowest BCUT2D eigenvalue weighted by atomic mass is 10.1. The highest BCUT2D eigenvalue weighted by Crippen LogP contribution is 2.14. The van der Waals surface area contributed by atoms with Gasteiger partial charge in [0.1, 0.15) is 5.75 Å². The van der Waals surface area contributed by atoms with Crippen LogP contribution in [-0.4, -0.2) is 58.8 Å². The first kappa shape index (κ1) is 20.8. The summed E-state index contributed by atoms with van der Waals surface area (Å²) in [5, 5.41) is 21.8. The van der Waals surface area contributed by atoms with Gasteiger partial charge in [0.25, 0.3) is 11.8 Å². The van der Waals surface area contributed by atoms with Gasteiger partial charge >= 0.3 is 0 Å². The summed E-state index contributed by atoms with van der Waals surface area (Å²) in [6.07, 6.45) is -1.82. The highest BCUT2D eigenvalue weighted by molar-refractivity contribution is 5.94. The number of nitrogens with one attached hydrogen (secondary N) is 1. The molecule has 8 nitrogen and oxygen atoms in total. The molecule has 0 saturated carbocycles. The Morgan fingerprint density at radius 3 is 2.17 bits per heavy atom. The third-order valence-electron chi connectivity index (χ3n) is 4.80. The summed E-state index contributed by atoms with van der Waals surface area (Å²) in [5.41, 5.74) is 7.97. The number of ether oxygens (including phenoxy) is 1. The molecule has 8 heteroatoms. The average Bonchev–Trinajstić information content (AvgIpc) is 3.09. The van der Waals surface area contributed by atoms with Gasteiger partial charge < -0.3 is 30.9 Å². The molecule has 1 aliphatic rings. The second-order valence-electron chi connectivity index (χ2n) is 6.95. The van der Waals surface area contributed by atoms with Crippen LogP contribution in [0.1, 0.15) is 21.5 Å². The van der Waals surface area contributed by atoms with Crippen molar-refractivity contribution in [3.63, 3.8) is 0 Å². The molecular weight excluding hydrogens is 374 g/mol. The van der Waals surface area contributed by atoms with Crippen LogP contribution in [-0.2, 0) is 17.9 Å². The van der Waals surface area contributed by atoms with Crippen molar-refractivity contribution in [2.24, 2.45) is 5.73 Å². The van der Waals surface area contributed by atoms with E-state index in [0.717, 1.165) is 11.1 Å². The smallest absolute Gasteiger partial charge is 0.260 e. The van der Waals surface area contributed by atoms with Crippen molar-refractivity contribution in [1.82, 2.24) is 10.2 Å². The highest BCUT2D eigenvalue weighted by atomic mass is 16.5. The van der Waals surface area contributed by atoms with Gasteiger partial charge in [-0.3, -0.25) is 9.59 Å². The van der Waals surface area contributed by atoms with Crippen LogP contribution in [0.4, 0.5) is 0 Å². The second-order valence-corrected chi connectivity index (χ2v) is 6.95. The van der Waals surface area contributed by atoms with E-state index in [1.54, 1.807) is 36.4 Å². The molecule has 2 aromatic carbocycles. The monoisotopic (exact) mass is 399 g/mol. The largest absolute Gasteiger partial charge is 0.484 e. The van der Waals surface area contributed by atoms with Gasteiger partial charge in [0.05, 0.1) is 12.2 Å². The van der Waals surface area contributed by atoms with Crippen LogP contribution in [0.5, 0.6) is 5.75 Å². The fourth-order valence-electron chi connectivity index (χ4n) is 2.99. The van der Waals surface area contributed by atoms with E-state index in [1.165, 1.54) is 4.90 Å². The Morgan fingerprint density at radius 2 is 1.59 bits per heavy atom. The summed E-state index contributed by atoms with van der Waals surface area (Å²) in [6.45, 7) is 0.840. The molecule has 1 heterocycles. The van der Waals surface area contributed by atoms with Gasteiger partial charge in [-0.15, -0.1) is 0 Å². The number of benzene rings is 2. The van der Waals surface area contributed by atoms with E-state index in [1.807, 2.05) is 12.1 Å². The van der Waals surface area contributed by atoms with E-state index in [9.17, 15) is 19.8 Å². The van der Waals surface area contributed by atoms with E-state index >= 15 is 0 Å². The molecule has 5 N–H and O–H groups in total. The average molecular weight is 399 g/mol. The van der Waals surface area contributed by atoms with Crippen LogP contribution in [0.3, 0.4) is 0 Å². The number of β-amino-alcohol motifs (C(OH)–C–C–N with tert-alkyl or cyclic N) is 2. The molecule has 1 fully saturated rings. The van der Waals surface area contributed by atoms with E-state index in [-0.39, 0.29) is 31.5 Å². The number of aliphatic hydroxyl groups excluding tert-OH is 2. The lowest BCUT2D eigenvalue weighted by Crippen LogP contribution is -2.33. The van der Waals surface area contributed by atoms with Gasteiger partial charge in [0.15, 0.2) is 6.61 Å². The van der Waals surface area contributed by atoms with Gasteiger partial charge in [0.2, 0.25) is 0 Å². The fourth-order valence-corrected chi connectivity index (χ4v) is 2.99. The Bertz CT molecular complexity index is 828. The van der Waals surface area contributed by atoms with Gasteiger partial charge in [-0.25, -0.2) is 0 Å². The number of nitrogens with zero attached hydrogens (tertiary/aromatic N) is 1. The summed E-state index contributed by atoms with van der Waals surface area (Å²) in [4.78, 5) is 25.6. The van der Waals surface area contributed by atoms with Crippen molar-refractivity contribution in [2.75, 3.05) is 19.7 Å². The van der Waals surface area contributed by atoms with Crippen LogP contribution in [0, 0.1) is 0 Å². The number of aliphatic hydroxyl groups is 2. The minimum absolute atomic E-state index is 0.108. The fraction of sp³-hybridized carbons (Fsp3) is 0.333. The summed E-state index contributed by atoms with van der Waals surface area (Å²) in [6, 6.07) is 14.2. The minimum Gasteiger partial charge on any atom is -0.484 e. The molecule has 0 spiro atoms. The van der Waals surface area contributed by atoms with E-state index in [0.29, 0.717) is 24.4 Å². The number of likely N-dealkylation sites (tertiary alicyclic amines) is 1. The molecule has 0 aromatic heterocycles. The Morgan fingerprint density at radius 1 is 1.00 bits per heavy atom. The van der Waals surface area contributed by atoms with E-state index in [4.69, 9.17) is 10.5 Å². The number of rotatable bonds is 7. The van der Waals surface area contributed by atoms with Gasteiger partial charge in [-0.05, 0) is 35.4 Å². The standard InChI is InChI=1S/C21H25N3O5/c22-9-14-1-5-16(6-2-14)21(28)23-10-15-3-7-17(8-4-15)29-13-20(27)24-11-18(25)19(26)12-24/h1-8,18-19,25-26H,9-13,22H2,(H,23,28). The Hall–Kier alpha value is -2.94. The van der Waals surface area contributed by atoms with Crippen molar-refractivity contribution in [3.05, 3.63) is 65.2 Å². The summed E-state index contributed by atoms with van der Waals surface area (Å²) in [5.74, 6) is 0.0539. The zero-order valence-electron chi connectivity index (χ0n) is 16.0. The first-order chi connectivity index (χ1) is 14.0. The molecule has 1 aliphatic heterocycles. The highest BCUT2D eigenvalue weighted by Gasteiger charge is 2.32. The molecule has 1 saturated heterocycles. The second kappa shape index (κ2) is 9.51. The van der Waals surface area contributed by atoms with Crippen LogP contribution in [0.15, 0.2) is 48.5 Å². The third kappa shape index (κ3) is 5.54. The van der Waals surface area contributed by atoms with Crippen molar-refractivity contribution in [2.45, 2.75) is 25.3 Å². The molecule has 2 atom stereocenters. The molecule has 2 amide bonds. The maximum absolute atomic E-state index is 12.2. The number of carbonyl (C=O) groups excluding carboxylic acids is 2. The van der Waals surface area contributed by atoms with Gasteiger partial charge in [-0.2, -0.15) is 0 Å². The van der Waals surface area contributed by atoms with Gasteiger partial charge in [0, 0.05) is 31.7 Å². The van der Waals surface area contributed by atoms with E-state index in [2.05, 4.69) is 5.32 Å². The first-order valence-electron chi connectivity index (χ1n) is 9.39. The zero-order valence-corrected chi connectivity index (χ0v) is 16.0. The summed E-state index contributed by atoms with van der Waals surface area (Å²) in [7, 11) is 0. The van der Waals surface area contributed by atoms with Crippen LogP contribution in [0.25, 0.3) is 0 Å². The molecule has 0 bridgehead atoms. The van der Waals surface area contributed by atoms with Crippen LogP contribution >= 0.6 is 0 Å². The van der Waals surface area contributed by atoms with Crippen LogP contribution in [0.2, 0.25) is 0 Å². The normalized spacial score (nSPS) is 18.5. The van der Waals surface area contributed by atoms with Crippen molar-refractivity contribution >= 4 is 11.8 Å². The predicted molar refractivity (Wildman–Crippen MR) is 106 cm³/mol. The quantitative estimate of drug-likeness (QED) is 0.520. The molecule has 3 rings (SSSR count). The van der Waals surface area contributed by atoms with Gasteiger partial charge in [-0.1, -0.05) is 24.3 Å². The molecule has 29 heavy (non-hydrogen) atoms. The zero-order chi connectivity index (χ0) is 20.8. The molecule has 2 unspecified atom stereocenters.